The first-order valence-corrected chi connectivity index (χ1v) is 7.17. The molecule has 0 spiro atoms. The lowest BCUT2D eigenvalue weighted by Gasteiger charge is -2.15. The van der Waals surface area contributed by atoms with Crippen molar-refractivity contribution in [2.24, 2.45) is 0 Å². The number of carbonyl (C=O) groups excluding carboxylic acids is 1. The Kier molecular flexibility index (Phi) is 5.06. The average molecular weight is 341 g/mol. The summed E-state index contributed by atoms with van der Waals surface area (Å²) in [7, 11) is 0. The summed E-state index contributed by atoms with van der Waals surface area (Å²) in [5.74, 6) is -0.463. The monoisotopic (exact) mass is 341 g/mol. The number of nitro benzene ring substituents is 1. The highest BCUT2D eigenvalue weighted by Gasteiger charge is 2.33. The maximum atomic E-state index is 12.7. The van der Waals surface area contributed by atoms with Crippen LogP contribution in [-0.2, 0) is 15.7 Å². The Morgan fingerprint density at radius 1 is 1.29 bits per heavy atom. The molecule has 0 aliphatic heterocycles. The van der Waals surface area contributed by atoms with Gasteiger partial charge in [0.05, 0.1) is 22.7 Å². The normalized spacial score (nSPS) is 14.7. The Morgan fingerprint density at radius 2 is 2.00 bits per heavy atom. The maximum Gasteiger partial charge on any atom is 0.416 e. The van der Waals surface area contributed by atoms with Gasteiger partial charge in [0.1, 0.15) is 0 Å². The van der Waals surface area contributed by atoms with Crippen LogP contribution in [-0.4, -0.2) is 17.5 Å². The van der Waals surface area contributed by atoms with Gasteiger partial charge in [0, 0.05) is 11.6 Å². The fourth-order valence-corrected chi connectivity index (χ4v) is 2.39. The minimum atomic E-state index is -4.65. The van der Waals surface area contributed by atoms with Crippen LogP contribution in [0.4, 0.5) is 18.9 Å². The summed E-state index contributed by atoms with van der Waals surface area (Å²) in [5.41, 5.74) is -0.632. The summed E-state index contributed by atoms with van der Waals surface area (Å²) in [6, 6.07) is 2.44. The lowest BCUT2D eigenvalue weighted by atomic mass is 9.91. The number of benzene rings is 1. The predicted molar refractivity (Wildman–Crippen MR) is 80.0 cm³/mol. The maximum absolute atomic E-state index is 12.7. The van der Waals surface area contributed by atoms with Gasteiger partial charge in [0.2, 0.25) is 0 Å². The molecule has 0 saturated carbocycles. The molecule has 0 radical (unpaired) electrons. The van der Waals surface area contributed by atoms with Crippen LogP contribution in [0.5, 0.6) is 0 Å². The molecule has 2 rings (SSSR count). The molecule has 0 aromatic heterocycles. The molecule has 5 nitrogen and oxygen atoms in total. The summed E-state index contributed by atoms with van der Waals surface area (Å²) in [4.78, 5) is 21.9. The third-order valence-electron chi connectivity index (χ3n) is 3.55. The van der Waals surface area contributed by atoms with Crippen molar-refractivity contribution in [3.8, 4) is 0 Å². The van der Waals surface area contributed by atoms with E-state index in [1.165, 1.54) is 12.2 Å². The van der Waals surface area contributed by atoms with E-state index >= 15 is 0 Å². The predicted octanol–water partition coefficient (Wildman–Crippen LogP) is 4.28. The van der Waals surface area contributed by atoms with Crippen LogP contribution >= 0.6 is 0 Å². The summed E-state index contributed by atoms with van der Waals surface area (Å²) < 4.78 is 43.0. The Bertz CT molecular complexity index is 735. The zero-order valence-electron chi connectivity index (χ0n) is 12.7. The smallest absolute Gasteiger partial charge is 0.416 e. The number of ether oxygens (including phenoxy) is 1. The van der Waals surface area contributed by atoms with Crippen LogP contribution in [0.2, 0.25) is 0 Å². The Morgan fingerprint density at radius 3 is 2.50 bits per heavy atom. The van der Waals surface area contributed by atoms with Crippen LogP contribution in [0.1, 0.15) is 30.9 Å². The molecule has 0 atom stereocenters. The van der Waals surface area contributed by atoms with Crippen molar-refractivity contribution in [1.82, 2.24) is 0 Å². The fraction of sp³-hybridized carbons (Fsp3) is 0.312. The van der Waals surface area contributed by atoms with Gasteiger partial charge in [-0.1, -0.05) is 12.2 Å². The van der Waals surface area contributed by atoms with Crippen LogP contribution in [0.25, 0.3) is 5.57 Å². The summed E-state index contributed by atoms with van der Waals surface area (Å²) in [6.07, 6.45) is -1.05. The van der Waals surface area contributed by atoms with Gasteiger partial charge in [-0.25, -0.2) is 4.79 Å². The number of nitro groups is 1. The van der Waals surface area contributed by atoms with E-state index in [-0.39, 0.29) is 12.2 Å². The largest absolute Gasteiger partial charge is 0.463 e. The number of allylic oxidation sites excluding steroid dienone is 3. The molecule has 24 heavy (non-hydrogen) atoms. The molecular formula is C16H14F3NO4. The fourth-order valence-electron chi connectivity index (χ4n) is 2.39. The number of carbonyl (C=O) groups is 1. The minimum absolute atomic E-state index is 0.118. The molecule has 0 saturated heterocycles. The Labute approximate surface area is 135 Å². The van der Waals surface area contributed by atoms with E-state index in [1.54, 1.807) is 6.92 Å². The molecule has 8 heteroatoms. The summed E-state index contributed by atoms with van der Waals surface area (Å²) in [6.45, 7) is 1.91. The molecule has 1 aromatic carbocycles. The highest BCUT2D eigenvalue weighted by molar-refractivity contribution is 5.91. The Balaban J connectivity index is 2.39. The Hall–Kier alpha value is -2.64. The average Bonchev–Trinajstić information content (AvgIpc) is 2.53. The first kappa shape index (κ1) is 17.7. The van der Waals surface area contributed by atoms with Crippen molar-refractivity contribution in [1.29, 1.82) is 0 Å². The van der Waals surface area contributed by atoms with Crippen LogP contribution < -0.4 is 0 Å². The zero-order chi connectivity index (χ0) is 17.9. The standard InChI is InChI=1S/C16H14F3NO4/c1-2-24-15(21)11-5-3-10(4-6-11)13-8-7-12(16(17,18)19)9-14(13)20(22)23/h3,5,7-9H,2,4,6H2,1H3. The number of halogens is 3. The van der Waals surface area contributed by atoms with Crippen molar-refractivity contribution < 1.29 is 27.6 Å². The van der Waals surface area contributed by atoms with Gasteiger partial charge >= 0.3 is 12.1 Å². The first-order chi connectivity index (χ1) is 11.2. The number of rotatable bonds is 4. The van der Waals surface area contributed by atoms with E-state index < -0.39 is 28.3 Å². The van der Waals surface area contributed by atoms with Gasteiger partial charge < -0.3 is 4.74 Å². The molecule has 1 aromatic rings. The third-order valence-corrected chi connectivity index (χ3v) is 3.55. The lowest BCUT2D eigenvalue weighted by molar-refractivity contribution is -0.385. The molecule has 0 unspecified atom stereocenters. The zero-order valence-corrected chi connectivity index (χ0v) is 12.7. The molecular weight excluding hydrogens is 327 g/mol. The van der Waals surface area contributed by atoms with E-state index in [9.17, 15) is 28.1 Å². The highest BCUT2D eigenvalue weighted by atomic mass is 19.4. The quantitative estimate of drug-likeness (QED) is 0.466. The third kappa shape index (κ3) is 3.81. The number of nitrogens with zero attached hydrogens (tertiary/aromatic N) is 1. The van der Waals surface area contributed by atoms with Gasteiger partial charge in [-0.3, -0.25) is 10.1 Å². The van der Waals surface area contributed by atoms with Gasteiger partial charge in [0.25, 0.3) is 5.69 Å². The van der Waals surface area contributed by atoms with Gasteiger partial charge in [-0.2, -0.15) is 13.2 Å². The molecule has 128 valence electrons. The second kappa shape index (κ2) is 6.86. The lowest BCUT2D eigenvalue weighted by Crippen LogP contribution is -2.10. The number of esters is 1. The van der Waals surface area contributed by atoms with E-state index in [0.717, 1.165) is 12.1 Å². The molecule has 1 aliphatic rings. The van der Waals surface area contributed by atoms with Crippen molar-refractivity contribution >= 4 is 17.2 Å². The number of hydrogen-bond acceptors (Lipinski definition) is 4. The van der Waals surface area contributed by atoms with Crippen molar-refractivity contribution in [2.75, 3.05) is 6.61 Å². The molecule has 0 bridgehead atoms. The van der Waals surface area contributed by atoms with E-state index in [2.05, 4.69) is 0 Å². The van der Waals surface area contributed by atoms with E-state index in [0.29, 0.717) is 30.1 Å². The minimum Gasteiger partial charge on any atom is -0.463 e. The number of alkyl halides is 3. The molecule has 0 amide bonds. The second-order valence-electron chi connectivity index (χ2n) is 5.09. The van der Waals surface area contributed by atoms with Gasteiger partial charge in [-0.15, -0.1) is 0 Å². The van der Waals surface area contributed by atoms with Crippen LogP contribution in [0, 0.1) is 10.1 Å². The van der Waals surface area contributed by atoms with Gasteiger partial charge in [0.15, 0.2) is 0 Å². The van der Waals surface area contributed by atoms with Crippen molar-refractivity contribution in [3.63, 3.8) is 0 Å². The van der Waals surface area contributed by atoms with Crippen molar-refractivity contribution in [3.05, 3.63) is 57.2 Å². The van der Waals surface area contributed by atoms with Crippen molar-refractivity contribution in [2.45, 2.75) is 25.9 Å². The molecule has 0 N–H and O–H groups in total. The van der Waals surface area contributed by atoms with Crippen LogP contribution in [0.15, 0.2) is 35.9 Å². The highest BCUT2D eigenvalue weighted by Crippen LogP contribution is 2.37. The SMILES string of the molecule is CCOC(=O)C1=CC=C(c2ccc(C(F)(F)F)cc2[N+](=O)[O-])CC1. The molecule has 0 fully saturated rings. The van der Waals surface area contributed by atoms with Gasteiger partial charge in [-0.05, 0) is 37.5 Å². The first-order valence-electron chi connectivity index (χ1n) is 7.17. The van der Waals surface area contributed by atoms with E-state index in [4.69, 9.17) is 4.74 Å². The molecule has 1 aliphatic carbocycles. The summed E-state index contributed by atoms with van der Waals surface area (Å²) >= 11 is 0. The van der Waals surface area contributed by atoms with Crippen LogP contribution in [0.3, 0.4) is 0 Å². The molecule has 0 heterocycles. The topological polar surface area (TPSA) is 69.4 Å². The van der Waals surface area contributed by atoms with E-state index in [1.807, 2.05) is 0 Å². The second-order valence-corrected chi connectivity index (χ2v) is 5.09. The number of hydrogen-bond donors (Lipinski definition) is 0. The summed E-state index contributed by atoms with van der Waals surface area (Å²) in [5, 5.41) is 11.1.